The number of anilines is 1. The average molecular weight is 257 g/mol. The van der Waals surface area contributed by atoms with Crippen LogP contribution in [0.15, 0.2) is 10.9 Å². The van der Waals surface area contributed by atoms with Crippen LogP contribution in [0.25, 0.3) is 0 Å². The molecule has 2 aromatic heterocycles. The summed E-state index contributed by atoms with van der Waals surface area (Å²) in [6.07, 6.45) is 0. The SMILES string of the molecule is N#Cc1sc(NCc2cscn2)nc1Cl. The Hall–Kier alpha value is -1.16. The summed E-state index contributed by atoms with van der Waals surface area (Å²) in [6, 6.07) is 1.98. The molecule has 1 N–H and O–H groups in total. The van der Waals surface area contributed by atoms with Crippen molar-refractivity contribution in [2.24, 2.45) is 0 Å². The topological polar surface area (TPSA) is 61.6 Å². The summed E-state index contributed by atoms with van der Waals surface area (Å²) < 4.78 is 0. The number of rotatable bonds is 3. The summed E-state index contributed by atoms with van der Waals surface area (Å²) in [6.45, 7) is 0.595. The zero-order chi connectivity index (χ0) is 10.7. The zero-order valence-electron chi connectivity index (χ0n) is 7.40. The monoisotopic (exact) mass is 256 g/mol. The molecule has 0 aliphatic heterocycles. The number of nitriles is 1. The van der Waals surface area contributed by atoms with Crippen LogP contribution in [-0.2, 0) is 6.54 Å². The summed E-state index contributed by atoms with van der Waals surface area (Å²) in [5.74, 6) is 0. The molecule has 0 atom stereocenters. The zero-order valence-corrected chi connectivity index (χ0v) is 9.79. The van der Waals surface area contributed by atoms with E-state index in [1.807, 2.05) is 11.4 Å². The maximum atomic E-state index is 8.68. The predicted molar refractivity (Wildman–Crippen MR) is 61.3 cm³/mol. The number of hydrogen-bond donors (Lipinski definition) is 1. The van der Waals surface area contributed by atoms with Gasteiger partial charge in [-0.2, -0.15) is 5.26 Å². The third-order valence-corrected chi connectivity index (χ3v) is 3.53. The van der Waals surface area contributed by atoms with E-state index in [2.05, 4.69) is 15.3 Å². The largest absolute Gasteiger partial charge is 0.356 e. The van der Waals surface area contributed by atoms with Crippen LogP contribution in [0.2, 0.25) is 5.15 Å². The number of nitrogens with one attached hydrogen (secondary N) is 1. The number of nitrogens with zero attached hydrogens (tertiary/aromatic N) is 3. The Labute approximate surface area is 99.2 Å². The van der Waals surface area contributed by atoms with Crippen LogP contribution >= 0.6 is 34.3 Å². The molecule has 0 aromatic carbocycles. The van der Waals surface area contributed by atoms with E-state index >= 15 is 0 Å². The first-order valence-electron chi connectivity index (χ1n) is 3.97. The lowest BCUT2D eigenvalue weighted by atomic mass is 10.5. The molecule has 4 nitrogen and oxygen atoms in total. The molecular formula is C8H5ClN4S2. The molecule has 15 heavy (non-hydrogen) atoms. The minimum absolute atomic E-state index is 0.253. The van der Waals surface area contributed by atoms with Gasteiger partial charge in [0, 0.05) is 5.38 Å². The minimum Gasteiger partial charge on any atom is -0.356 e. The van der Waals surface area contributed by atoms with Gasteiger partial charge in [-0.1, -0.05) is 22.9 Å². The van der Waals surface area contributed by atoms with E-state index in [0.717, 1.165) is 5.69 Å². The third-order valence-electron chi connectivity index (χ3n) is 1.59. The van der Waals surface area contributed by atoms with E-state index in [-0.39, 0.29) is 5.15 Å². The summed E-state index contributed by atoms with van der Waals surface area (Å²) in [5, 5.41) is 14.6. The van der Waals surface area contributed by atoms with Crippen molar-refractivity contribution < 1.29 is 0 Å². The van der Waals surface area contributed by atoms with Gasteiger partial charge in [-0.15, -0.1) is 11.3 Å². The fourth-order valence-corrected chi connectivity index (χ4v) is 2.44. The molecule has 0 aliphatic rings. The number of aromatic nitrogens is 2. The first-order valence-corrected chi connectivity index (χ1v) is 6.10. The fraction of sp³-hybridized carbons (Fsp3) is 0.125. The Morgan fingerprint density at radius 1 is 1.60 bits per heavy atom. The first kappa shape index (κ1) is 10.4. The molecule has 0 spiro atoms. The summed E-state index contributed by atoms with van der Waals surface area (Å²) in [5.41, 5.74) is 2.72. The Bertz CT molecular complexity index is 485. The first-order chi connectivity index (χ1) is 7.29. The van der Waals surface area contributed by atoms with E-state index in [0.29, 0.717) is 16.6 Å². The average Bonchev–Trinajstić information content (AvgIpc) is 2.83. The van der Waals surface area contributed by atoms with Crippen LogP contribution < -0.4 is 5.32 Å². The molecule has 7 heteroatoms. The lowest BCUT2D eigenvalue weighted by molar-refractivity contribution is 1.07. The number of hydrogen-bond acceptors (Lipinski definition) is 6. The van der Waals surface area contributed by atoms with Crippen LogP contribution in [-0.4, -0.2) is 9.97 Å². The lowest BCUT2D eigenvalue weighted by Gasteiger charge is -1.97. The minimum atomic E-state index is 0.253. The predicted octanol–water partition coefficient (Wildman–Crippen LogP) is 2.74. The summed E-state index contributed by atoms with van der Waals surface area (Å²) in [7, 11) is 0. The molecule has 76 valence electrons. The molecule has 0 saturated carbocycles. The van der Waals surface area contributed by atoms with Crippen molar-refractivity contribution in [1.82, 2.24) is 9.97 Å². The van der Waals surface area contributed by atoms with E-state index in [4.69, 9.17) is 16.9 Å². The van der Waals surface area contributed by atoms with Crippen molar-refractivity contribution in [2.75, 3.05) is 5.32 Å². The molecule has 2 heterocycles. The van der Waals surface area contributed by atoms with E-state index in [1.54, 1.807) is 16.8 Å². The highest BCUT2D eigenvalue weighted by Crippen LogP contribution is 2.26. The Balaban J connectivity index is 2.03. The van der Waals surface area contributed by atoms with Gasteiger partial charge in [-0.05, 0) is 0 Å². The van der Waals surface area contributed by atoms with Gasteiger partial charge >= 0.3 is 0 Å². The van der Waals surface area contributed by atoms with Crippen LogP contribution in [0.3, 0.4) is 0 Å². The van der Waals surface area contributed by atoms with Crippen LogP contribution in [0.1, 0.15) is 10.6 Å². The Morgan fingerprint density at radius 2 is 2.47 bits per heavy atom. The molecule has 2 rings (SSSR count). The molecule has 0 unspecified atom stereocenters. The van der Waals surface area contributed by atoms with Crippen molar-refractivity contribution in [3.63, 3.8) is 0 Å². The summed E-state index contributed by atoms with van der Waals surface area (Å²) >= 11 is 8.51. The van der Waals surface area contributed by atoms with Gasteiger partial charge in [0.2, 0.25) is 0 Å². The van der Waals surface area contributed by atoms with Gasteiger partial charge in [0.05, 0.1) is 17.7 Å². The number of thiazole rings is 2. The van der Waals surface area contributed by atoms with E-state index in [1.165, 1.54) is 11.3 Å². The van der Waals surface area contributed by atoms with Gasteiger partial charge in [0.15, 0.2) is 10.3 Å². The molecule has 2 aromatic rings. The lowest BCUT2D eigenvalue weighted by Crippen LogP contribution is -1.98. The van der Waals surface area contributed by atoms with Crippen molar-refractivity contribution in [2.45, 2.75) is 6.54 Å². The Morgan fingerprint density at radius 3 is 3.07 bits per heavy atom. The van der Waals surface area contributed by atoms with Crippen LogP contribution in [0.5, 0.6) is 0 Å². The second-order valence-electron chi connectivity index (χ2n) is 2.58. The molecule has 0 aliphatic carbocycles. The van der Waals surface area contributed by atoms with Crippen molar-refractivity contribution >= 4 is 39.4 Å². The second-order valence-corrected chi connectivity index (χ2v) is 4.66. The van der Waals surface area contributed by atoms with Crippen molar-refractivity contribution in [3.05, 3.63) is 26.6 Å². The molecule has 0 amide bonds. The standard InChI is InChI=1S/C8H5ClN4S2/c9-7-6(1-10)15-8(13-7)11-2-5-3-14-4-12-5/h3-4H,2H2,(H,11,13). The molecule has 0 radical (unpaired) electrons. The smallest absolute Gasteiger partial charge is 0.185 e. The maximum Gasteiger partial charge on any atom is 0.185 e. The Kier molecular flexibility index (Phi) is 3.16. The highest BCUT2D eigenvalue weighted by molar-refractivity contribution is 7.16. The van der Waals surface area contributed by atoms with Gasteiger partial charge in [0.25, 0.3) is 0 Å². The molecule has 0 fully saturated rings. The quantitative estimate of drug-likeness (QED) is 0.917. The van der Waals surface area contributed by atoms with Gasteiger partial charge in [-0.3, -0.25) is 0 Å². The van der Waals surface area contributed by atoms with Crippen LogP contribution in [0, 0.1) is 11.3 Å². The second kappa shape index (κ2) is 4.57. The molecule has 0 bridgehead atoms. The number of halogens is 1. The third kappa shape index (κ3) is 2.45. The van der Waals surface area contributed by atoms with Gasteiger partial charge in [0.1, 0.15) is 10.9 Å². The van der Waals surface area contributed by atoms with Crippen molar-refractivity contribution in [1.29, 1.82) is 5.26 Å². The maximum absolute atomic E-state index is 8.68. The fourth-order valence-electron chi connectivity index (χ4n) is 0.937. The van der Waals surface area contributed by atoms with Gasteiger partial charge < -0.3 is 5.32 Å². The van der Waals surface area contributed by atoms with Crippen molar-refractivity contribution in [3.8, 4) is 6.07 Å². The van der Waals surface area contributed by atoms with E-state index < -0.39 is 0 Å². The normalized spacial score (nSPS) is 9.87. The van der Waals surface area contributed by atoms with Crippen LogP contribution in [0.4, 0.5) is 5.13 Å². The van der Waals surface area contributed by atoms with E-state index in [9.17, 15) is 0 Å². The summed E-state index contributed by atoms with van der Waals surface area (Å²) in [4.78, 5) is 8.55. The molecule has 0 saturated heterocycles. The highest BCUT2D eigenvalue weighted by Gasteiger charge is 2.08. The van der Waals surface area contributed by atoms with Gasteiger partial charge in [-0.25, -0.2) is 9.97 Å². The molecular weight excluding hydrogens is 252 g/mol. The highest BCUT2D eigenvalue weighted by atomic mass is 35.5.